The standard InChI is InChI=1S/C29H52O6.2CH4/c1-4-7-8-9-10-11-12-13-14-15-16-17-18-19-20-23-29(32)35-26(24-33-27(30)21-5-2)25-34-28(31)22-6-3;;/h13-14,26H,4-12,15-25H2,1-3H3;2*1H4/b14-13-;;. The second-order valence-corrected chi connectivity index (χ2v) is 9.31. The molecule has 0 heterocycles. The van der Waals surface area contributed by atoms with Crippen molar-refractivity contribution in [2.24, 2.45) is 0 Å². The zero-order chi connectivity index (χ0) is 26.0. The third kappa shape index (κ3) is 28.6. The lowest BCUT2D eigenvalue weighted by Crippen LogP contribution is -2.30. The molecular formula is C31H60O6. The molecule has 0 spiro atoms. The van der Waals surface area contributed by atoms with Crippen LogP contribution in [0.5, 0.6) is 0 Å². The number of carbonyl (C=O) groups excluding carboxylic acids is 3. The van der Waals surface area contributed by atoms with Gasteiger partial charge in [-0.05, 0) is 44.9 Å². The Balaban J connectivity index is -0.00000578. The van der Waals surface area contributed by atoms with Crippen molar-refractivity contribution in [2.75, 3.05) is 13.2 Å². The molecule has 0 unspecified atom stereocenters. The summed E-state index contributed by atoms with van der Waals surface area (Å²) in [6.07, 6.45) is 21.8. The first kappa shape index (κ1) is 39.7. The van der Waals surface area contributed by atoms with Crippen LogP contribution in [-0.4, -0.2) is 37.2 Å². The zero-order valence-corrected chi connectivity index (χ0v) is 22.8. The van der Waals surface area contributed by atoms with Gasteiger partial charge in [-0.1, -0.05) is 99.1 Å². The molecule has 220 valence electrons. The van der Waals surface area contributed by atoms with Gasteiger partial charge in [-0.2, -0.15) is 0 Å². The molecule has 0 aliphatic rings. The van der Waals surface area contributed by atoms with Gasteiger partial charge in [0, 0.05) is 19.3 Å². The van der Waals surface area contributed by atoms with Gasteiger partial charge in [-0.15, -0.1) is 0 Å². The highest BCUT2D eigenvalue weighted by Crippen LogP contribution is 2.11. The number of ether oxygens (including phenoxy) is 3. The van der Waals surface area contributed by atoms with Crippen LogP contribution in [0.2, 0.25) is 0 Å². The minimum atomic E-state index is -0.757. The van der Waals surface area contributed by atoms with Crippen LogP contribution in [0.15, 0.2) is 12.2 Å². The summed E-state index contributed by atoms with van der Waals surface area (Å²) in [7, 11) is 0. The lowest BCUT2D eigenvalue weighted by Gasteiger charge is -2.18. The highest BCUT2D eigenvalue weighted by Gasteiger charge is 2.19. The Morgan fingerprint density at radius 3 is 1.43 bits per heavy atom. The van der Waals surface area contributed by atoms with Gasteiger partial charge in [0.25, 0.3) is 0 Å². The molecule has 0 saturated carbocycles. The van der Waals surface area contributed by atoms with Crippen LogP contribution in [0.4, 0.5) is 0 Å². The fraction of sp³-hybridized carbons (Fsp3) is 0.839. The first-order valence-electron chi connectivity index (χ1n) is 14.2. The second-order valence-electron chi connectivity index (χ2n) is 9.31. The molecule has 0 aliphatic heterocycles. The van der Waals surface area contributed by atoms with E-state index < -0.39 is 6.10 Å². The molecule has 6 heteroatoms. The number of esters is 3. The Labute approximate surface area is 229 Å². The van der Waals surface area contributed by atoms with E-state index in [1.807, 2.05) is 13.8 Å². The molecule has 0 atom stereocenters. The van der Waals surface area contributed by atoms with Gasteiger partial charge in [0.1, 0.15) is 13.2 Å². The van der Waals surface area contributed by atoms with Crippen molar-refractivity contribution < 1.29 is 28.6 Å². The van der Waals surface area contributed by atoms with E-state index in [1.165, 1.54) is 57.8 Å². The fourth-order valence-electron chi connectivity index (χ4n) is 3.63. The van der Waals surface area contributed by atoms with Gasteiger partial charge in [-0.3, -0.25) is 14.4 Å². The minimum Gasteiger partial charge on any atom is -0.462 e. The fourth-order valence-corrected chi connectivity index (χ4v) is 3.63. The maximum Gasteiger partial charge on any atom is 0.306 e. The van der Waals surface area contributed by atoms with Crippen LogP contribution in [0.1, 0.15) is 151 Å². The quantitative estimate of drug-likeness (QED) is 0.0538. The Kier molecular flexibility index (Phi) is 32.6. The van der Waals surface area contributed by atoms with E-state index in [1.54, 1.807) is 0 Å². The molecule has 0 aliphatic carbocycles. The number of carbonyl (C=O) groups is 3. The summed E-state index contributed by atoms with van der Waals surface area (Å²) in [5.41, 5.74) is 0. The smallest absolute Gasteiger partial charge is 0.306 e. The van der Waals surface area contributed by atoms with E-state index in [0.29, 0.717) is 32.1 Å². The van der Waals surface area contributed by atoms with Crippen molar-refractivity contribution in [3.63, 3.8) is 0 Å². The predicted octanol–water partition coefficient (Wildman–Crippen LogP) is 8.89. The highest BCUT2D eigenvalue weighted by molar-refractivity contribution is 5.71. The Morgan fingerprint density at radius 2 is 0.973 bits per heavy atom. The van der Waals surface area contributed by atoms with Crippen LogP contribution < -0.4 is 0 Å². The molecule has 0 saturated heterocycles. The van der Waals surface area contributed by atoms with Crippen LogP contribution in [0, 0.1) is 0 Å². The Bertz CT molecular complexity index is 536. The van der Waals surface area contributed by atoms with E-state index in [4.69, 9.17) is 14.2 Å². The monoisotopic (exact) mass is 528 g/mol. The Hall–Kier alpha value is -1.85. The summed E-state index contributed by atoms with van der Waals surface area (Å²) in [4.78, 5) is 35.5. The topological polar surface area (TPSA) is 78.9 Å². The number of rotatable bonds is 24. The summed E-state index contributed by atoms with van der Waals surface area (Å²) >= 11 is 0. The molecule has 0 aromatic rings. The third-order valence-electron chi connectivity index (χ3n) is 5.71. The third-order valence-corrected chi connectivity index (χ3v) is 5.71. The van der Waals surface area contributed by atoms with E-state index in [-0.39, 0.29) is 46.0 Å². The van der Waals surface area contributed by atoms with E-state index >= 15 is 0 Å². The van der Waals surface area contributed by atoms with Gasteiger partial charge in [0.15, 0.2) is 6.10 Å². The van der Waals surface area contributed by atoms with E-state index in [2.05, 4.69) is 19.1 Å². The van der Waals surface area contributed by atoms with E-state index in [9.17, 15) is 14.4 Å². The molecule has 0 aromatic heterocycles. The van der Waals surface area contributed by atoms with E-state index in [0.717, 1.165) is 25.7 Å². The maximum atomic E-state index is 12.2. The lowest BCUT2D eigenvalue weighted by molar-refractivity contribution is -0.166. The zero-order valence-electron chi connectivity index (χ0n) is 22.8. The molecule has 0 radical (unpaired) electrons. The molecule has 0 aromatic carbocycles. The Morgan fingerprint density at radius 1 is 0.541 bits per heavy atom. The first-order valence-corrected chi connectivity index (χ1v) is 14.2. The summed E-state index contributed by atoms with van der Waals surface area (Å²) in [6.45, 7) is 5.85. The molecule has 0 amide bonds. The average molecular weight is 529 g/mol. The SMILES string of the molecule is C.C.CCCCCCCC/C=C\CCCCCCCC(=O)OC(COC(=O)CCC)COC(=O)CCC. The van der Waals surface area contributed by atoms with Gasteiger partial charge in [0.05, 0.1) is 0 Å². The normalized spacial score (nSPS) is 10.6. The minimum absolute atomic E-state index is 0. The van der Waals surface area contributed by atoms with Crippen molar-refractivity contribution >= 4 is 17.9 Å². The number of allylic oxidation sites excluding steroid dienone is 2. The van der Waals surface area contributed by atoms with Crippen LogP contribution >= 0.6 is 0 Å². The molecule has 0 fully saturated rings. The molecule has 37 heavy (non-hydrogen) atoms. The van der Waals surface area contributed by atoms with Crippen molar-refractivity contribution in [1.82, 2.24) is 0 Å². The average Bonchev–Trinajstić information content (AvgIpc) is 2.83. The predicted molar refractivity (Wildman–Crippen MR) is 155 cm³/mol. The van der Waals surface area contributed by atoms with Crippen LogP contribution in [0.3, 0.4) is 0 Å². The second kappa shape index (κ2) is 30.4. The molecule has 0 N–H and O–H groups in total. The van der Waals surface area contributed by atoms with Crippen molar-refractivity contribution in [3.05, 3.63) is 12.2 Å². The highest BCUT2D eigenvalue weighted by atomic mass is 16.6. The first-order chi connectivity index (χ1) is 17.0. The largest absolute Gasteiger partial charge is 0.462 e. The van der Waals surface area contributed by atoms with Gasteiger partial charge in [0.2, 0.25) is 0 Å². The summed E-state index contributed by atoms with van der Waals surface area (Å²) in [5, 5.41) is 0. The van der Waals surface area contributed by atoms with Gasteiger partial charge >= 0.3 is 17.9 Å². The van der Waals surface area contributed by atoms with Crippen LogP contribution in [0.25, 0.3) is 0 Å². The lowest BCUT2D eigenvalue weighted by atomic mass is 10.1. The van der Waals surface area contributed by atoms with Crippen LogP contribution in [-0.2, 0) is 28.6 Å². The van der Waals surface area contributed by atoms with Gasteiger partial charge in [-0.25, -0.2) is 0 Å². The molecule has 0 rings (SSSR count). The molecule has 0 bridgehead atoms. The van der Waals surface area contributed by atoms with Crippen molar-refractivity contribution in [2.45, 2.75) is 157 Å². The maximum absolute atomic E-state index is 12.2. The van der Waals surface area contributed by atoms with Gasteiger partial charge < -0.3 is 14.2 Å². The molecular weight excluding hydrogens is 468 g/mol. The van der Waals surface area contributed by atoms with Crippen molar-refractivity contribution in [1.29, 1.82) is 0 Å². The molecule has 6 nitrogen and oxygen atoms in total. The summed E-state index contributed by atoms with van der Waals surface area (Å²) < 4.78 is 15.7. The van der Waals surface area contributed by atoms with Crippen molar-refractivity contribution in [3.8, 4) is 0 Å². The summed E-state index contributed by atoms with van der Waals surface area (Å²) in [5.74, 6) is -1.03. The number of unbranched alkanes of at least 4 members (excludes halogenated alkanes) is 11. The number of hydrogen-bond donors (Lipinski definition) is 0. The summed E-state index contributed by atoms with van der Waals surface area (Å²) in [6, 6.07) is 0. The number of hydrogen-bond acceptors (Lipinski definition) is 6.